The zero-order valence-corrected chi connectivity index (χ0v) is 17.0. The van der Waals surface area contributed by atoms with Gasteiger partial charge in [-0.25, -0.2) is 14.4 Å². The van der Waals surface area contributed by atoms with Gasteiger partial charge in [-0.3, -0.25) is 4.79 Å². The monoisotopic (exact) mass is 424 g/mol. The fraction of sp³-hybridized carbons (Fsp3) is 0.227. The molecule has 2 aromatic heterocycles. The van der Waals surface area contributed by atoms with Crippen molar-refractivity contribution in [3.05, 3.63) is 48.2 Å². The first kappa shape index (κ1) is 20.4. The van der Waals surface area contributed by atoms with Crippen molar-refractivity contribution in [2.24, 2.45) is 0 Å². The zero-order chi connectivity index (χ0) is 22.0. The van der Waals surface area contributed by atoms with Crippen LogP contribution >= 0.6 is 0 Å². The number of phenols is 1. The summed E-state index contributed by atoms with van der Waals surface area (Å²) < 4.78 is 25.4. The SMILES string of the molecule is CCOC(=O)CCOc1cc2c(Nc3ccc4[nH]c(C)cc4c3F)ncnc2cc1O. The molecule has 0 atom stereocenters. The van der Waals surface area contributed by atoms with Crippen molar-refractivity contribution in [3.8, 4) is 11.5 Å². The Bertz CT molecular complexity index is 1270. The summed E-state index contributed by atoms with van der Waals surface area (Å²) in [5.74, 6) is -0.411. The molecular weight excluding hydrogens is 403 g/mol. The molecule has 4 rings (SSSR count). The van der Waals surface area contributed by atoms with Gasteiger partial charge in [-0.2, -0.15) is 0 Å². The molecule has 160 valence electrons. The molecule has 0 saturated heterocycles. The van der Waals surface area contributed by atoms with E-state index >= 15 is 0 Å². The number of halogens is 1. The molecule has 0 aliphatic rings. The maximum Gasteiger partial charge on any atom is 0.309 e. The summed E-state index contributed by atoms with van der Waals surface area (Å²) >= 11 is 0. The maximum atomic E-state index is 15.0. The van der Waals surface area contributed by atoms with Crippen LogP contribution in [0.15, 0.2) is 36.7 Å². The summed E-state index contributed by atoms with van der Waals surface area (Å²) in [6.45, 7) is 3.91. The summed E-state index contributed by atoms with van der Waals surface area (Å²) in [6.07, 6.45) is 1.37. The van der Waals surface area contributed by atoms with E-state index in [1.54, 1.807) is 31.2 Å². The van der Waals surface area contributed by atoms with Gasteiger partial charge in [0.1, 0.15) is 12.1 Å². The van der Waals surface area contributed by atoms with E-state index in [-0.39, 0.29) is 42.8 Å². The molecule has 0 aliphatic carbocycles. The van der Waals surface area contributed by atoms with E-state index in [0.29, 0.717) is 27.6 Å². The van der Waals surface area contributed by atoms with Crippen LogP contribution in [-0.4, -0.2) is 39.2 Å². The molecule has 2 aromatic carbocycles. The van der Waals surface area contributed by atoms with Gasteiger partial charge in [-0.05, 0) is 38.1 Å². The van der Waals surface area contributed by atoms with Crippen LogP contribution < -0.4 is 10.1 Å². The summed E-state index contributed by atoms with van der Waals surface area (Å²) in [7, 11) is 0. The van der Waals surface area contributed by atoms with E-state index in [9.17, 15) is 14.3 Å². The van der Waals surface area contributed by atoms with Gasteiger partial charge in [0.25, 0.3) is 0 Å². The number of hydrogen-bond acceptors (Lipinski definition) is 7. The minimum atomic E-state index is -0.404. The van der Waals surface area contributed by atoms with Crippen LogP contribution in [-0.2, 0) is 9.53 Å². The molecule has 0 aliphatic heterocycles. The molecule has 9 heteroatoms. The Labute approximate surface area is 177 Å². The number of anilines is 2. The van der Waals surface area contributed by atoms with Crippen molar-refractivity contribution in [1.82, 2.24) is 15.0 Å². The number of aromatic hydroxyl groups is 1. The second kappa shape index (κ2) is 8.47. The number of phenolic OH excluding ortho intramolecular Hbond substituents is 1. The molecule has 0 spiro atoms. The maximum absolute atomic E-state index is 15.0. The summed E-state index contributed by atoms with van der Waals surface area (Å²) in [5, 5.41) is 14.2. The van der Waals surface area contributed by atoms with Gasteiger partial charge in [0.05, 0.1) is 30.8 Å². The Morgan fingerprint density at radius 2 is 2.06 bits per heavy atom. The zero-order valence-electron chi connectivity index (χ0n) is 17.0. The topological polar surface area (TPSA) is 109 Å². The average Bonchev–Trinajstić information content (AvgIpc) is 3.12. The molecule has 2 heterocycles. The van der Waals surface area contributed by atoms with Crippen molar-refractivity contribution in [2.75, 3.05) is 18.5 Å². The van der Waals surface area contributed by atoms with Crippen LogP contribution in [0.5, 0.6) is 11.5 Å². The number of nitrogens with zero attached hydrogens (tertiary/aromatic N) is 2. The van der Waals surface area contributed by atoms with E-state index in [4.69, 9.17) is 9.47 Å². The highest BCUT2D eigenvalue weighted by Gasteiger charge is 2.14. The van der Waals surface area contributed by atoms with Crippen LogP contribution in [0.1, 0.15) is 19.0 Å². The lowest BCUT2D eigenvalue weighted by atomic mass is 10.2. The Balaban J connectivity index is 1.64. The predicted molar refractivity (Wildman–Crippen MR) is 114 cm³/mol. The molecule has 0 saturated carbocycles. The quantitative estimate of drug-likeness (QED) is 0.379. The predicted octanol–water partition coefficient (Wildman–Crippen LogP) is 4.34. The van der Waals surface area contributed by atoms with E-state index in [2.05, 4.69) is 20.3 Å². The number of carbonyl (C=O) groups excluding carboxylic acids is 1. The molecule has 0 radical (unpaired) electrons. The number of fused-ring (bicyclic) bond motifs is 2. The largest absolute Gasteiger partial charge is 0.504 e. The van der Waals surface area contributed by atoms with Gasteiger partial charge in [0.2, 0.25) is 0 Å². The van der Waals surface area contributed by atoms with Gasteiger partial charge >= 0.3 is 5.97 Å². The molecule has 0 fully saturated rings. The highest BCUT2D eigenvalue weighted by Crippen LogP contribution is 2.35. The molecule has 31 heavy (non-hydrogen) atoms. The van der Waals surface area contributed by atoms with Crippen LogP contribution in [0.4, 0.5) is 15.9 Å². The number of H-pyrrole nitrogens is 1. The number of ether oxygens (including phenoxy) is 2. The van der Waals surface area contributed by atoms with Crippen LogP contribution in [0.25, 0.3) is 21.8 Å². The van der Waals surface area contributed by atoms with E-state index in [1.807, 2.05) is 6.92 Å². The summed E-state index contributed by atoms with van der Waals surface area (Å²) in [5.41, 5.74) is 2.27. The average molecular weight is 424 g/mol. The third kappa shape index (κ3) is 4.20. The Kier molecular flexibility index (Phi) is 5.57. The van der Waals surface area contributed by atoms with Crippen LogP contribution in [0.3, 0.4) is 0 Å². The number of rotatable bonds is 7. The Hall–Kier alpha value is -3.88. The first-order chi connectivity index (χ1) is 15.0. The number of hydrogen-bond donors (Lipinski definition) is 3. The third-order valence-electron chi connectivity index (χ3n) is 4.71. The minimum Gasteiger partial charge on any atom is -0.504 e. The molecule has 3 N–H and O–H groups in total. The summed E-state index contributed by atoms with van der Waals surface area (Å²) in [6, 6.07) is 8.12. The summed E-state index contributed by atoms with van der Waals surface area (Å²) in [4.78, 5) is 23.0. The molecule has 8 nitrogen and oxygen atoms in total. The van der Waals surface area contributed by atoms with Gasteiger partial charge in [-0.15, -0.1) is 0 Å². The van der Waals surface area contributed by atoms with Crippen LogP contribution in [0.2, 0.25) is 0 Å². The molecule has 0 bridgehead atoms. The molecule has 0 amide bonds. The third-order valence-corrected chi connectivity index (χ3v) is 4.71. The lowest BCUT2D eigenvalue weighted by Crippen LogP contribution is -2.09. The van der Waals surface area contributed by atoms with Crippen molar-refractivity contribution in [1.29, 1.82) is 0 Å². The van der Waals surface area contributed by atoms with Gasteiger partial charge in [0.15, 0.2) is 17.3 Å². The highest BCUT2D eigenvalue weighted by molar-refractivity contribution is 5.94. The molecular formula is C22H21FN4O4. The van der Waals surface area contributed by atoms with Crippen molar-refractivity contribution in [2.45, 2.75) is 20.3 Å². The Morgan fingerprint density at radius 1 is 1.23 bits per heavy atom. The normalized spacial score (nSPS) is 11.1. The molecule has 0 unspecified atom stereocenters. The number of aromatic nitrogens is 3. The van der Waals surface area contributed by atoms with Crippen molar-refractivity contribution in [3.63, 3.8) is 0 Å². The molecule has 4 aromatic rings. The van der Waals surface area contributed by atoms with E-state index in [1.165, 1.54) is 12.4 Å². The van der Waals surface area contributed by atoms with E-state index in [0.717, 1.165) is 5.69 Å². The lowest BCUT2D eigenvalue weighted by Gasteiger charge is -2.12. The number of nitrogens with one attached hydrogen (secondary N) is 2. The number of carbonyl (C=O) groups is 1. The fourth-order valence-electron chi connectivity index (χ4n) is 3.30. The van der Waals surface area contributed by atoms with Gasteiger partial charge in [0, 0.05) is 28.0 Å². The minimum absolute atomic E-state index is 0.0342. The van der Waals surface area contributed by atoms with Gasteiger partial charge in [-0.1, -0.05) is 0 Å². The fourth-order valence-corrected chi connectivity index (χ4v) is 3.30. The highest BCUT2D eigenvalue weighted by atomic mass is 19.1. The number of aromatic amines is 1. The Morgan fingerprint density at radius 3 is 2.87 bits per heavy atom. The number of aryl methyl sites for hydroxylation is 1. The smallest absolute Gasteiger partial charge is 0.309 e. The van der Waals surface area contributed by atoms with Crippen molar-refractivity contribution < 1.29 is 23.8 Å². The number of benzene rings is 2. The van der Waals surface area contributed by atoms with Crippen LogP contribution in [0, 0.1) is 12.7 Å². The first-order valence-corrected chi connectivity index (χ1v) is 9.77. The first-order valence-electron chi connectivity index (χ1n) is 9.77. The second-order valence-electron chi connectivity index (χ2n) is 6.93. The van der Waals surface area contributed by atoms with Crippen molar-refractivity contribution >= 4 is 39.3 Å². The van der Waals surface area contributed by atoms with Gasteiger partial charge < -0.3 is 24.9 Å². The number of esters is 1. The standard InChI is InChI=1S/C22H21FN4O4/c1-3-30-20(29)6-7-31-19-9-14-17(10-18(19)28)24-11-25-22(14)27-16-5-4-15-13(21(16)23)8-12(2)26-15/h4-5,8-11,26,28H,3,6-7H2,1-2H3,(H,24,25,27). The second-order valence-corrected chi connectivity index (χ2v) is 6.93. The van der Waals surface area contributed by atoms with E-state index < -0.39 is 5.82 Å². The lowest BCUT2D eigenvalue weighted by molar-refractivity contribution is -0.143.